The van der Waals surface area contributed by atoms with Crippen molar-refractivity contribution in [3.8, 4) is 5.75 Å². The second kappa shape index (κ2) is 4.00. The Bertz CT molecular complexity index is 594. The van der Waals surface area contributed by atoms with Crippen LogP contribution < -0.4 is 4.74 Å². The zero-order valence-corrected chi connectivity index (χ0v) is 8.51. The van der Waals surface area contributed by atoms with Crippen molar-refractivity contribution in [2.45, 2.75) is 0 Å². The number of rotatable bonds is 3. The van der Waals surface area contributed by atoms with Crippen molar-refractivity contribution in [1.29, 1.82) is 0 Å². The molecule has 0 aliphatic rings. The maximum atomic E-state index is 11.3. The van der Waals surface area contributed by atoms with Crippen molar-refractivity contribution in [3.05, 3.63) is 35.6 Å². The smallest absolute Gasteiger partial charge is 0.331 e. The van der Waals surface area contributed by atoms with Crippen LogP contribution in [0.5, 0.6) is 5.75 Å². The molecule has 0 amide bonds. The van der Waals surface area contributed by atoms with Crippen molar-refractivity contribution in [2.24, 2.45) is 0 Å². The summed E-state index contributed by atoms with van der Waals surface area (Å²) in [7, 11) is 1.56. The topological polar surface area (TPSA) is 75.8 Å². The molecular weight excluding hydrogens is 208 g/mol. The third-order valence-electron chi connectivity index (χ3n) is 2.14. The minimum Gasteiger partial charge on any atom is -0.497 e. The maximum absolute atomic E-state index is 11.3. The van der Waals surface area contributed by atoms with Crippen LogP contribution in [-0.4, -0.2) is 23.9 Å². The molecule has 0 bridgehead atoms. The number of methoxy groups -OCH3 is 1. The molecule has 0 N–H and O–H groups in total. The Labute approximate surface area is 90.9 Å². The van der Waals surface area contributed by atoms with Gasteiger partial charge in [-0.05, 0) is 24.3 Å². The lowest BCUT2D eigenvalue weighted by atomic mass is 10.2. The summed E-state index contributed by atoms with van der Waals surface area (Å²) < 4.78 is 10.3. The van der Waals surface area contributed by atoms with Gasteiger partial charge in [0, 0.05) is 5.39 Å². The number of nitrogens with zero attached hydrogens (tertiary/aromatic N) is 2. The highest BCUT2D eigenvalue weighted by Gasteiger charge is 2.13. The predicted molar refractivity (Wildman–Crippen MR) is 56.8 cm³/mol. The molecule has 2 aromatic rings. The minimum atomic E-state index is -0.488. The molecule has 80 valence electrons. The fourth-order valence-electron chi connectivity index (χ4n) is 1.39. The summed E-state index contributed by atoms with van der Waals surface area (Å²) in [5, 5.41) is 0.758. The highest BCUT2D eigenvalue weighted by Crippen LogP contribution is 2.24. The van der Waals surface area contributed by atoms with Gasteiger partial charge in [0.1, 0.15) is 11.3 Å². The first-order valence-electron chi connectivity index (χ1n) is 4.54. The number of hydrogen-bond donors (Lipinski definition) is 0. The van der Waals surface area contributed by atoms with Crippen molar-refractivity contribution in [1.82, 2.24) is 0 Å². The normalized spacial score (nSPS) is 9.81. The SMILES string of the molecule is COc1ccc2oc(C(=O)C=[N+]=[N-])cc2c1. The van der Waals surface area contributed by atoms with Gasteiger partial charge in [0.2, 0.25) is 0 Å². The van der Waals surface area contributed by atoms with Crippen LogP contribution in [0.3, 0.4) is 0 Å². The highest BCUT2D eigenvalue weighted by atomic mass is 16.5. The monoisotopic (exact) mass is 216 g/mol. The largest absolute Gasteiger partial charge is 0.497 e. The molecule has 1 aromatic carbocycles. The zero-order valence-electron chi connectivity index (χ0n) is 8.51. The van der Waals surface area contributed by atoms with Crippen molar-refractivity contribution < 1.29 is 18.7 Å². The van der Waals surface area contributed by atoms with E-state index in [2.05, 4.69) is 4.79 Å². The number of ketones is 1. The van der Waals surface area contributed by atoms with Gasteiger partial charge in [0.25, 0.3) is 0 Å². The zero-order chi connectivity index (χ0) is 11.5. The van der Waals surface area contributed by atoms with E-state index in [0.29, 0.717) is 11.3 Å². The van der Waals surface area contributed by atoms with Gasteiger partial charge in [0.15, 0.2) is 5.76 Å². The second-order valence-corrected chi connectivity index (χ2v) is 3.12. The molecule has 0 radical (unpaired) electrons. The summed E-state index contributed by atoms with van der Waals surface area (Å²) in [5.41, 5.74) is 8.82. The average Bonchev–Trinajstić information content (AvgIpc) is 2.71. The number of benzene rings is 1. The first-order valence-corrected chi connectivity index (χ1v) is 4.54. The summed E-state index contributed by atoms with van der Waals surface area (Å²) in [6.45, 7) is 0. The third kappa shape index (κ3) is 1.71. The molecule has 1 heterocycles. The lowest BCUT2D eigenvalue weighted by Gasteiger charge is -1.96. The molecule has 5 heteroatoms. The van der Waals surface area contributed by atoms with Crippen LogP contribution in [0.1, 0.15) is 10.6 Å². The van der Waals surface area contributed by atoms with Crippen LogP contribution in [0.4, 0.5) is 0 Å². The van der Waals surface area contributed by atoms with E-state index in [1.807, 2.05) is 0 Å². The van der Waals surface area contributed by atoms with Crippen LogP contribution in [0.15, 0.2) is 28.7 Å². The number of fused-ring (bicyclic) bond motifs is 1. The number of Topliss-reactive ketones (excluding diaryl/α,β-unsaturated/α-hetero) is 1. The van der Waals surface area contributed by atoms with Gasteiger partial charge >= 0.3 is 12.0 Å². The number of furan rings is 1. The average molecular weight is 216 g/mol. The molecule has 0 fully saturated rings. The van der Waals surface area contributed by atoms with Gasteiger partial charge in [-0.3, -0.25) is 4.79 Å². The Morgan fingerprint density at radius 1 is 1.50 bits per heavy atom. The fourth-order valence-corrected chi connectivity index (χ4v) is 1.39. The van der Waals surface area contributed by atoms with Crippen molar-refractivity contribution in [3.63, 3.8) is 0 Å². The Morgan fingerprint density at radius 3 is 3.00 bits per heavy atom. The Balaban J connectivity index is 2.51. The van der Waals surface area contributed by atoms with E-state index in [1.165, 1.54) is 0 Å². The first kappa shape index (κ1) is 10.1. The summed E-state index contributed by atoms with van der Waals surface area (Å²) >= 11 is 0. The number of carbonyl (C=O) groups excluding carboxylic acids is 1. The molecule has 0 saturated carbocycles. The molecule has 0 atom stereocenters. The van der Waals surface area contributed by atoms with Gasteiger partial charge in [0.05, 0.1) is 7.11 Å². The standard InChI is InChI=1S/C11H8N2O3/c1-15-8-2-3-10-7(4-8)5-11(16-10)9(14)6-13-12/h2-6H,1H3. The van der Waals surface area contributed by atoms with E-state index >= 15 is 0 Å². The van der Waals surface area contributed by atoms with Crippen LogP contribution >= 0.6 is 0 Å². The molecule has 0 aliphatic carbocycles. The van der Waals surface area contributed by atoms with Gasteiger partial charge in [-0.1, -0.05) is 0 Å². The summed E-state index contributed by atoms with van der Waals surface area (Å²) in [4.78, 5) is 14.0. The van der Waals surface area contributed by atoms with E-state index in [-0.39, 0.29) is 5.76 Å². The molecule has 2 rings (SSSR count). The van der Waals surface area contributed by atoms with Crippen molar-refractivity contribution >= 4 is 23.0 Å². The Morgan fingerprint density at radius 2 is 2.31 bits per heavy atom. The van der Waals surface area contributed by atoms with Crippen LogP contribution in [0, 0.1) is 0 Å². The van der Waals surface area contributed by atoms with Crippen LogP contribution in [0.2, 0.25) is 0 Å². The molecule has 0 unspecified atom stereocenters. The quantitative estimate of drug-likeness (QED) is 0.340. The number of ether oxygens (including phenoxy) is 1. The molecule has 5 nitrogen and oxygen atoms in total. The van der Waals surface area contributed by atoms with Gasteiger partial charge < -0.3 is 14.7 Å². The fraction of sp³-hybridized carbons (Fsp3) is 0.0909. The minimum absolute atomic E-state index is 0.126. The van der Waals surface area contributed by atoms with Crippen molar-refractivity contribution in [2.75, 3.05) is 7.11 Å². The molecule has 16 heavy (non-hydrogen) atoms. The van der Waals surface area contributed by atoms with Gasteiger partial charge in [-0.15, -0.1) is 0 Å². The highest BCUT2D eigenvalue weighted by molar-refractivity contribution is 6.32. The van der Waals surface area contributed by atoms with E-state index < -0.39 is 5.78 Å². The van der Waals surface area contributed by atoms with Gasteiger partial charge in [-0.2, -0.15) is 4.79 Å². The summed E-state index contributed by atoms with van der Waals surface area (Å²) in [6, 6.07) is 6.77. The predicted octanol–water partition coefficient (Wildman–Crippen LogP) is 1.92. The molecule has 0 aliphatic heterocycles. The first-order chi connectivity index (χ1) is 7.74. The molecule has 0 spiro atoms. The summed E-state index contributed by atoms with van der Waals surface area (Å²) in [5.74, 6) is 0.321. The third-order valence-corrected chi connectivity index (χ3v) is 2.14. The lowest BCUT2D eigenvalue weighted by molar-refractivity contribution is 0.00211. The molecular formula is C11H8N2O3. The lowest BCUT2D eigenvalue weighted by Crippen LogP contribution is -1.97. The maximum Gasteiger partial charge on any atom is 0.331 e. The number of hydrogen-bond acceptors (Lipinski definition) is 3. The van der Waals surface area contributed by atoms with Gasteiger partial charge in [-0.25, -0.2) is 0 Å². The van der Waals surface area contributed by atoms with E-state index in [4.69, 9.17) is 14.7 Å². The van der Waals surface area contributed by atoms with Crippen LogP contribution in [-0.2, 0) is 0 Å². The second-order valence-electron chi connectivity index (χ2n) is 3.12. The summed E-state index contributed by atoms with van der Waals surface area (Å²) in [6.07, 6.45) is 0.787. The van der Waals surface area contributed by atoms with E-state index in [0.717, 1.165) is 11.6 Å². The number of carbonyl (C=O) groups is 1. The van der Waals surface area contributed by atoms with Crippen LogP contribution in [0.25, 0.3) is 16.5 Å². The Kier molecular flexibility index (Phi) is 2.54. The Hall–Kier alpha value is -2.39. The molecule has 1 aromatic heterocycles. The van der Waals surface area contributed by atoms with E-state index in [9.17, 15) is 4.79 Å². The molecule has 0 saturated heterocycles. The van der Waals surface area contributed by atoms with E-state index in [1.54, 1.807) is 31.4 Å².